The van der Waals surface area contributed by atoms with Gasteiger partial charge in [-0.3, -0.25) is 9.97 Å². The van der Waals surface area contributed by atoms with Crippen molar-refractivity contribution >= 4 is 0 Å². The van der Waals surface area contributed by atoms with Crippen LogP contribution in [-0.2, 0) is 11.2 Å². The first-order chi connectivity index (χ1) is 11.9. The Kier molecular flexibility index (Phi) is 9.93. The predicted octanol–water partition coefficient (Wildman–Crippen LogP) is -3.11. The Labute approximate surface area is 145 Å². The van der Waals surface area contributed by atoms with Crippen molar-refractivity contribution in [2.24, 2.45) is 0 Å². The van der Waals surface area contributed by atoms with Crippen LogP contribution in [0.1, 0.15) is 23.9 Å². The second-order valence-electron chi connectivity index (χ2n) is 5.56. The van der Waals surface area contributed by atoms with Crippen molar-refractivity contribution in [2.45, 2.75) is 43.4 Å². The zero-order valence-electron chi connectivity index (χ0n) is 13.7. The molecule has 0 aromatic carbocycles. The molecule has 25 heavy (non-hydrogen) atoms. The summed E-state index contributed by atoms with van der Waals surface area (Å²) in [5, 5.41) is 65.6. The summed E-state index contributed by atoms with van der Waals surface area (Å²) in [7, 11) is 0. The summed E-state index contributed by atoms with van der Waals surface area (Å²) in [4.78, 5) is 8.00. The smallest absolute Gasteiger partial charge is 0.126 e. The standard InChI is InChI=1S/C15H26N2O8/c18-2-1-3-25-15(13(23)8-20)14(24)10-6-16-9(5-17-10)4-11(21)12(22)7-19/h5-6,11-15,18-24H,1-4,7-8H2/t11-,12+,13+,14+,15-/m0/s1. The van der Waals surface area contributed by atoms with Gasteiger partial charge in [0, 0.05) is 25.8 Å². The van der Waals surface area contributed by atoms with E-state index in [4.69, 9.17) is 20.1 Å². The van der Waals surface area contributed by atoms with E-state index >= 15 is 0 Å². The minimum atomic E-state index is -1.37. The molecule has 0 saturated heterocycles. The average molecular weight is 362 g/mol. The largest absolute Gasteiger partial charge is 0.396 e. The average Bonchev–Trinajstić information content (AvgIpc) is 2.64. The topological polar surface area (TPSA) is 177 Å². The van der Waals surface area contributed by atoms with Gasteiger partial charge < -0.3 is 40.5 Å². The van der Waals surface area contributed by atoms with Gasteiger partial charge in [-0.15, -0.1) is 0 Å². The molecule has 1 heterocycles. The molecule has 10 heteroatoms. The summed E-state index contributed by atoms with van der Waals surface area (Å²) in [6.07, 6.45) is -3.60. The van der Waals surface area contributed by atoms with Crippen LogP contribution >= 0.6 is 0 Å². The Hall–Kier alpha value is -1.24. The van der Waals surface area contributed by atoms with Crippen molar-refractivity contribution in [3.8, 4) is 0 Å². The van der Waals surface area contributed by atoms with Gasteiger partial charge in [0.2, 0.25) is 0 Å². The normalized spacial score (nSPS) is 17.7. The maximum Gasteiger partial charge on any atom is 0.126 e. The van der Waals surface area contributed by atoms with Gasteiger partial charge in [-0.25, -0.2) is 0 Å². The van der Waals surface area contributed by atoms with Crippen molar-refractivity contribution in [2.75, 3.05) is 26.4 Å². The number of rotatable bonds is 12. The fourth-order valence-corrected chi connectivity index (χ4v) is 2.06. The van der Waals surface area contributed by atoms with E-state index in [1.807, 2.05) is 0 Å². The van der Waals surface area contributed by atoms with Crippen LogP contribution in [0.15, 0.2) is 12.4 Å². The summed E-state index contributed by atoms with van der Waals surface area (Å²) < 4.78 is 5.30. The number of nitrogens with zero attached hydrogens (tertiary/aromatic N) is 2. The Morgan fingerprint density at radius 1 is 0.880 bits per heavy atom. The van der Waals surface area contributed by atoms with Crippen molar-refractivity contribution < 1.29 is 40.5 Å². The van der Waals surface area contributed by atoms with Crippen LogP contribution in [0.4, 0.5) is 0 Å². The first-order valence-corrected chi connectivity index (χ1v) is 7.91. The lowest BCUT2D eigenvalue weighted by atomic mass is 10.1. The number of aromatic nitrogens is 2. The molecule has 7 N–H and O–H groups in total. The third kappa shape index (κ3) is 6.88. The highest BCUT2D eigenvalue weighted by Gasteiger charge is 2.30. The molecule has 0 unspecified atom stereocenters. The monoisotopic (exact) mass is 362 g/mol. The van der Waals surface area contributed by atoms with Gasteiger partial charge in [0.15, 0.2) is 0 Å². The van der Waals surface area contributed by atoms with Crippen molar-refractivity contribution in [1.29, 1.82) is 0 Å². The molecule has 144 valence electrons. The quantitative estimate of drug-likeness (QED) is 0.188. The number of aliphatic hydroxyl groups excluding tert-OH is 7. The van der Waals surface area contributed by atoms with Crippen LogP contribution in [0.2, 0.25) is 0 Å². The summed E-state index contributed by atoms with van der Waals surface area (Å²) >= 11 is 0. The van der Waals surface area contributed by atoms with Crippen molar-refractivity contribution in [3.63, 3.8) is 0 Å². The zero-order valence-corrected chi connectivity index (χ0v) is 13.7. The van der Waals surface area contributed by atoms with Crippen LogP contribution in [-0.4, -0.2) is 96.6 Å². The zero-order chi connectivity index (χ0) is 18.8. The molecule has 0 aliphatic heterocycles. The van der Waals surface area contributed by atoms with Gasteiger partial charge in [0.1, 0.15) is 24.4 Å². The Bertz CT molecular complexity index is 475. The molecule has 0 spiro atoms. The van der Waals surface area contributed by atoms with Gasteiger partial charge in [0.25, 0.3) is 0 Å². The third-order valence-electron chi connectivity index (χ3n) is 3.57. The number of hydrogen-bond donors (Lipinski definition) is 7. The van der Waals surface area contributed by atoms with Crippen LogP contribution in [0.5, 0.6) is 0 Å². The molecule has 10 nitrogen and oxygen atoms in total. The minimum Gasteiger partial charge on any atom is -0.396 e. The highest BCUT2D eigenvalue weighted by atomic mass is 16.5. The second-order valence-corrected chi connectivity index (χ2v) is 5.56. The summed E-state index contributed by atoms with van der Waals surface area (Å²) in [6, 6.07) is 0. The molecular weight excluding hydrogens is 336 g/mol. The molecule has 1 aromatic rings. The fourth-order valence-electron chi connectivity index (χ4n) is 2.06. The van der Waals surface area contributed by atoms with Crippen LogP contribution in [0.3, 0.4) is 0 Å². The van der Waals surface area contributed by atoms with Crippen molar-refractivity contribution in [1.82, 2.24) is 9.97 Å². The van der Waals surface area contributed by atoms with Crippen LogP contribution in [0, 0.1) is 0 Å². The number of aliphatic hydroxyl groups is 7. The first-order valence-electron chi connectivity index (χ1n) is 7.91. The maximum atomic E-state index is 10.3. The van der Waals surface area contributed by atoms with E-state index in [9.17, 15) is 20.4 Å². The summed E-state index contributed by atoms with van der Waals surface area (Å²) in [5.74, 6) is 0. The van der Waals surface area contributed by atoms with E-state index in [2.05, 4.69) is 9.97 Å². The SMILES string of the molecule is OCCCO[C@@H]([C@H](O)CO)[C@H](O)c1cnc(C[C@H](O)[C@H](O)CO)cn1. The molecule has 0 saturated carbocycles. The van der Waals surface area contributed by atoms with Crippen molar-refractivity contribution in [3.05, 3.63) is 23.8 Å². The summed E-state index contributed by atoms with van der Waals surface area (Å²) in [5.41, 5.74) is 0.416. The summed E-state index contributed by atoms with van der Waals surface area (Å²) in [6.45, 7) is -1.25. The van der Waals surface area contributed by atoms with E-state index in [1.54, 1.807) is 0 Å². The molecule has 0 bridgehead atoms. The van der Waals surface area contributed by atoms with Gasteiger partial charge in [-0.2, -0.15) is 0 Å². The van der Waals surface area contributed by atoms with E-state index < -0.39 is 43.7 Å². The molecule has 0 amide bonds. The Morgan fingerprint density at radius 2 is 1.56 bits per heavy atom. The third-order valence-corrected chi connectivity index (χ3v) is 3.57. The highest BCUT2D eigenvalue weighted by molar-refractivity contribution is 5.08. The van der Waals surface area contributed by atoms with Gasteiger partial charge in [-0.1, -0.05) is 0 Å². The van der Waals surface area contributed by atoms with Gasteiger partial charge in [0.05, 0.1) is 36.9 Å². The predicted molar refractivity (Wildman–Crippen MR) is 84.3 cm³/mol. The lowest BCUT2D eigenvalue weighted by molar-refractivity contribution is -0.117. The van der Waals surface area contributed by atoms with Gasteiger partial charge in [-0.05, 0) is 6.42 Å². The molecule has 0 aliphatic carbocycles. The lowest BCUT2D eigenvalue weighted by Gasteiger charge is -2.26. The van der Waals surface area contributed by atoms with E-state index in [1.165, 1.54) is 12.4 Å². The number of hydrogen-bond acceptors (Lipinski definition) is 10. The maximum absolute atomic E-state index is 10.3. The van der Waals surface area contributed by atoms with E-state index in [0.29, 0.717) is 12.1 Å². The first kappa shape index (κ1) is 21.8. The molecule has 5 atom stereocenters. The Morgan fingerprint density at radius 3 is 2.08 bits per heavy atom. The van der Waals surface area contributed by atoms with E-state index in [-0.39, 0.29) is 25.3 Å². The lowest BCUT2D eigenvalue weighted by Crippen LogP contribution is -2.38. The highest BCUT2D eigenvalue weighted by Crippen LogP contribution is 2.20. The minimum absolute atomic E-state index is 0.0409. The van der Waals surface area contributed by atoms with Crippen LogP contribution in [0.25, 0.3) is 0 Å². The molecular formula is C15H26N2O8. The second kappa shape index (κ2) is 11.4. The van der Waals surface area contributed by atoms with Crippen LogP contribution < -0.4 is 0 Å². The molecule has 0 fully saturated rings. The van der Waals surface area contributed by atoms with E-state index in [0.717, 1.165) is 0 Å². The molecule has 0 aliphatic rings. The Balaban J connectivity index is 2.76. The number of ether oxygens (including phenoxy) is 1. The molecule has 0 radical (unpaired) electrons. The fraction of sp³-hybridized carbons (Fsp3) is 0.733. The molecule has 1 rings (SSSR count). The molecule has 1 aromatic heterocycles. The van der Waals surface area contributed by atoms with Gasteiger partial charge >= 0.3 is 0 Å².